The standard InChI is InChI=1S/C20H24F3N3O3S/c1-4-29-19(28)16-13-7-5-6-8-14(13)30-18(16)24-17(27)11(2)10-26-12(3)9-15(25-26)20(21,22)23/h9,11H,4-8,10H2,1-3H3,(H,24,27). The van der Waals surface area contributed by atoms with Crippen LogP contribution < -0.4 is 5.32 Å². The molecule has 0 bridgehead atoms. The highest BCUT2D eigenvalue weighted by Crippen LogP contribution is 2.39. The lowest BCUT2D eigenvalue weighted by atomic mass is 9.95. The van der Waals surface area contributed by atoms with Gasteiger partial charge >= 0.3 is 12.1 Å². The summed E-state index contributed by atoms with van der Waals surface area (Å²) in [4.78, 5) is 26.3. The molecule has 0 spiro atoms. The number of halogens is 3. The Morgan fingerprint density at radius 2 is 2.03 bits per heavy atom. The summed E-state index contributed by atoms with van der Waals surface area (Å²) >= 11 is 1.37. The zero-order valence-corrected chi connectivity index (χ0v) is 17.9. The van der Waals surface area contributed by atoms with E-state index in [-0.39, 0.29) is 19.1 Å². The molecule has 164 valence electrons. The van der Waals surface area contributed by atoms with E-state index in [2.05, 4.69) is 10.4 Å². The summed E-state index contributed by atoms with van der Waals surface area (Å²) in [6.07, 6.45) is -0.922. The second-order valence-electron chi connectivity index (χ2n) is 7.38. The number of carbonyl (C=O) groups is 2. The van der Waals surface area contributed by atoms with Crippen LogP contribution in [0.1, 0.15) is 58.9 Å². The van der Waals surface area contributed by atoms with E-state index in [4.69, 9.17) is 4.74 Å². The van der Waals surface area contributed by atoms with Crippen molar-refractivity contribution in [2.45, 2.75) is 59.2 Å². The van der Waals surface area contributed by atoms with Crippen LogP contribution in [0, 0.1) is 12.8 Å². The molecule has 2 aromatic rings. The van der Waals surface area contributed by atoms with Gasteiger partial charge in [-0.05, 0) is 51.2 Å². The minimum Gasteiger partial charge on any atom is -0.462 e. The van der Waals surface area contributed by atoms with Crippen molar-refractivity contribution in [3.8, 4) is 0 Å². The van der Waals surface area contributed by atoms with Crippen LogP contribution in [0.5, 0.6) is 0 Å². The maximum absolute atomic E-state index is 12.9. The van der Waals surface area contributed by atoms with Crippen LogP contribution in [0.4, 0.5) is 18.2 Å². The fraction of sp³-hybridized carbons (Fsp3) is 0.550. The lowest BCUT2D eigenvalue weighted by molar-refractivity contribution is -0.141. The molecule has 1 N–H and O–H groups in total. The van der Waals surface area contributed by atoms with Crippen molar-refractivity contribution in [1.29, 1.82) is 0 Å². The second kappa shape index (κ2) is 8.79. The van der Waals surface area contributed by atoms with Gasteiger partial charge in [-0.15, -0.1) is 11.3 Å². The first-order valence-corrected chi connectivity index (χ1v) is 10.7. The SMILES string of the molecule is CCOC(=O)c1c(NC(=O)C(C)Cn2nc(C(F)(F)F)cc2C)sc2c1CCCC2. The zero-order chi connectivity index (χ0) is 22.1. The Kier molecular flexibility index (Phi) is 6.54. The number of thiophene rings is 1. The Bertz CT molecular complexity index is 949. The molecule has 1 atom stereocenters. The average molecular weight is 443 g/mol. The summed E-state index contributed by atoms with van der Waals surface area (Å²) in [7, 11) is 0. The van der Waals surface area contributed by atoms with Crippen molar-refractivity contribution in [2.75, 3.05) is 11.9 Å². The second-order valence-corrected chi connectivity index (χ2v) is 8.48. The smallest absolute Gasteiger partial charge is 0.435 e. The van der Waals surface area contributed by atoms with Crippen LogP contribution in [-0.4, -0.2) is 28.3 Å². The van der Waals surface area contributed by atoms with Gasteiger partial charge in [-0.3, -0.25) is 9.48 Å². The zero-order valence-electron chi connectivity index (χ0n) is 17.1. The van der Waals surface area contributed by atoms with Gasteiger partial charge < -0.3 is 10.1 Å². The summed E-state index contributed by atoms with van der Waals surface area (Å²) in [5, 5.41) is 6.82. The van der Waals surface area contributed by atoms with Crippen LogP contribution in [0.25, 0.3) is 0 Å². The summed E-state index contributed by atoms with van der Waals surface area (Å²) in [6, 6.07) is 0.955. The molecular formula is C20H24F3N3O3S. The van der Waals surface area contributed by atoms with Gasteiger partial charge in [0.05, 0.1) is 24.6 Å². The first kappa shape index (κ1) is 22.3. The molecule has 3 rings (SSSR count). The molecule has 1 unspecified atom stereocenters. The number of nitrogens with zero attached hydrogens (tertiary/aromatic N) is 2. The maximum atomic E-state index is 12.9. The van der Waals surface area contributed by atoms with Gasteiger partial charge in [-0.25, -0.2) is 4.79 Å². The Morgan fingerprint density at radius 3 is 2.67 bits per heavy atom. The number of carbonyl (C=O) groups excluding carboxylic acids is 2. The molecule has 1 aliphatic rings. The van der Waals surface area contributed by atoms with Crippen LogP contribution in [-0.2, 0) is 35.1 Å². The van der Waals surface area contributed by atoms with Crippen molar-refractivity contribution in [1.82, 2.24) is 9.78 Å². The van der Waals surface area contributed by atoms with E-state index in [9.17, 15) is 22.8 Å². The maximum Gasteiger partial charge on any atom is 0.435 e. The highest BCUT2D eigenvalue weighted by molar-refractivity contribution is 7.17. The fourth-order valence-corrected chi connectivity index (χ4v) is 4.76. The molecule has 0 fully saturated rings. The normalized spacial score (nSPS) is 14.9. The summed E-state index contributed by atoms with van der Waals surface area (Å²) < 4.78 is 44.9. The van der Waals surface area contributed by atoms with Crippen molar-refractivity contribution < 1.29 is 27.5 Å². The Morgan fingerprint density at radius 1 is 1.33 bits per heavy atom. The number of amides is 1. The number of anilines is 1. The Balaban J connectivity index is 1.78. The molecule has 10 heteroatoms. The van der Waals surface area contributed by atoms with Crippen LogP contribution >= 0.6 is 11.3 Å². The Hall–Kier alpha value is -2.36. The van der Waals surface area contributed by atoms with Crippen LogP contribution in [0.2, 0.25) is 0 Å². The predicted octanol–water partition coefficient (Wildman–Crippen LogP) is 4.60. The molecule has 0 aromatic carbocycles. The number of hydrogen-bond acceptors (Lipinski definition) is 5. The number of rotatable bonds is 6. The summed E-state index contributed by atoms with van der Waals surface area (Å²) in [6.45, 7) is 5.07. The van der Waals surface area contributed by atoms with Gasteiger partial charge in [0, 0.05) is 10.6 Å². The van der Waals surface area contributed by atoms with Crippen molar-refractivity contribution in [3.63, 3.8) is 0 Å². The number of nitrogens with one attached hydrogen (secondary N) is 1. The highest BCUT2D eigenvalue weighted by Gasteiger charge is 2.35. The first-order chi connectivity index (χ1) is 14.1. The molecule has 1 amide bonds. The minimum atomic E-state index is -4.54. The number of aromatic nitrogens is 2. The van der Waals surface area contributed by atoms with E-state index in [1.54, 1.807) is 13.8 Å². The lowest BCUT2D eigenvalue weighted by Gasteiger charge is -2.14. The van der Waals surface area contributed by atoms with Crippen LogP contribution in [0.3, 0.4) is 0 Å². The molecule has 2 aromatic heterocycles. The fourth-order valence-electron chi connectivity index (χ4n) is 3.48. The van der Waals surface area contributed by atoms with Gasteiger partial charge in [-0.2, -0.15) is 18.3 Å². The van der Waals surface area contributed by atoms with Gasteiger partial charge in [0.1, 0.15) is 5.00 Å². The van der Waals surface area contributed by atoms with E-state index < -0.39 is 23.8 Å². The molecular weight excluding hydrogens is 419 g/mol. The molecule has 1 aliphatic carbocycles. The third-order valence-electron chi connectivity index (χ3n) is 5.05. The molecule has 0 aliphatic heterocycles. The van der Waals surface area contributed by atoms with Gasteiger partial charge in [0.2, 0.25) is 5.91 Å². The highest BCUT2D eigenvalue weighted by atomic mass is 32.1. The largest absolute Gasteiger partial charge is 0.462 e. The van der Waals surface area contributed by atoms with Gasteiger partial charge in [0.15, 0.2) is 5.69 Å². The molecule has 6 nitrogen and oxygen atoms in total. The number of ether oxygens (including phenoxy) is 1. The van der Waals surface area contributed by atoms with Crippen molar-refractivity contribution in [3.05, 3.63) is 33.5 Å². The topological polar surface area (TPSA) is 73.2 Å². The van der Waals surface area contributed by atoms with Crippen molar-refractivity contribution >= 4 is 28.2 Å². The van der Waals surface area contributed by atoms with E-state index in [1.807, 2.05) is 0 Å². The first-order valence-electron chi connectivity index (χ1n) is 9.86. The lowest BCUT2D eigenvalue weighted by Crippen LogP contribution is -2.26. The summed E-state index contributed by atoms with van der Waals surface area (Å²) in [5.41, 5.74) is 0.682. The molecule has 30 heavy (non-hydrogen) atoms. The van der Waals surface area contributed by atoms with Gasteiger partial charge in [-0.1, -0.05) is 6.92 Å². The third kappa shape index (κ3) is 4.69. The van der Waals surface area contributed by atoms with E-state index in [0.29, 0.717) is 16.3 Å². The number of alkyl halides is 3. The minimum absolute atomic E-state index is 0.00637. The van der Waals surface area contributed by atoms with E-state index >= 15 is 0 Å². The number of fused-ring (bicyclic) bond motifs is 1. The molecule has 2 heterocycles. The third-order valence-corrected chi connectivity index (χ3v) is 6.26. The number of hydrogen-bond donors (Lipinski definition) is 1. The van der Waals surface area contributed by atoms with E-state index in [0.717, 1.165) is 42.2 Å². The summed E-state index contributed by atoms with van der Waals surface area (Å²) in [5.74, 6) is -1.50. The molecule has 0 saturated heterocycles. The van der Waals surface area contributed by atoms with E-state index in [1.165, 1.54) is 22.9 Å². The molecule has 0 radical (unpaired) electrons. The van der Waals surface area contributed by atoms with Gasteiger partial charge in [0.25, 0.3) is 0 Å². The monoisotopic (exact) mass is 443 g/mol. The predicted molar refractivity (Wildman–Crippen MR) is 107 cm³/mol. The Labute approximate surface area is 176 Å². The quantitative estimate of drug-likeness (QED) is 0.662. The van der Waals surface area contributed by atoms with Crippen molar-refractivity contribution in [2.24, 2.45) is 5.92 Å². The number of esters is 1. The van der Waals surface area contributed by atoms with Crippen LogP contribution in [0.15, 0.2) is 6.07 Å². The number of aryl methyl sites for hydroxylation is 2. The molecule has 0 saturated carbocycles. The average Bonchev–Trinajstić information content (AvgIpc) is 3.22.